The predicted octanol–water partition coefficient (Wildman–Crippen LogP) is 2.69. The molecule has 0 amide bonds. The molecule has 0 fully saturated rings. The molecular formula is C16H28O2. The van der Waals surface area contributed by atoms with Gasteiger partial charge in [-0.05, 0) is 18.8 Å². The van der Waals surface area contributed by atoms with Crippen molar-refractivity contribution in [1.29, 1.82) is 0 Å². The molecule has 0 spiro atoms. The van der Waals surface area contributed by atoms with Gasteiger partial charge in [-0.1, -0.05) is 59.3 Å². The normalized spacial score (nSPS) is 12.9. The molecule has 2 heteroatoms. The quantitative estimate of drug-likeness (QED) is 0.742. The Labute approximate surface area is 113 Å². The number of aliphatic hydroxyl groups excluding tert-OH is 2. The van der Waals surface area contributed by atoms with Crippen LogP contribution in [0, 0.1) is 41.4 Å². The summed E-state index contributed by atoms with van der Waals surface area (Å²) in [7, 11) is 0. The number of hydrogen-bond donors (Lipinski definition) is 2. The van der Waals surface area contributed by atoms with Crippen molar-refractivity contribution in [2.45, 2.75) is 60.7 Å². The van der Waals surface area contributed by atoms with Gasteiger partial charge in [-0.15, -0.1) is 5.92 Å². The van der Waals surface area contributed by atoms with E-state index < -0.39 is 12.2 Å². The highest BCUT2D eigenvalue weighted by atomic mass is 16.3. The average molecular weight is 252 g/mol. The van der Waals surface area contributed by atoms with E-state index in [1.54, 1.807) is 6.92 Å². The highest BCUT2D eigenvalue weighted by Crippen LogP contribution is 1.99. The van der Waals surface area contributed by atoms with Crippen LogP contribution < -0.4 is 0 Å². The van der Waals surface area contributed by atoms with Crippen molar-refractivity contribution in [3.63, 3.8) is 0 Å². The van der Waals surface area contributed by atoms with Gasteiger partial charge in [0.05, 0.1) is 0 Å². The maximum absolute atomic E-state index is 9.20. The molecule has 2 N–H and O–H groups in total. The molecule has 0 saturated heterocycles. The molecule has 104 valence electrons. The van der Waals surface area contributed by atoms with Crippen LogP contribution in [0.3, 0.4) is 0 Å². The molecule has 0 heterocycles. The molecule has 0 radical (unpaired) electrons. The minimum absolute atomic E-state index is 0.242. The van der Waals surface area contributed by atoms with E-state index in [-0.39, 0.29) is 11.8 Å². The highest BCUT2D eigenvalue weighted by molar-refractivity contribution is 5.07. The first-order chi connectivity index (χ1) is 8.22. The first-order valence-corrected chi connectivity index (χ1v) is 6.51. The lowest BCUT2D eigenvalue weighted by atomic mass is 10.1. The Kier molecular flexibility index (Phi) is 12.0. The zero-order chi connectivity index (χ0) is 14.7. The maximum Gasteiger partial charge on any atom is 0.117 e. The van der Waals surface area contributed by atoms with E-state index in [2.05, 4.69) is 23.7 Å². The summed E-state index contributed by atoms with van der Waals surface area (Å²) < 4.78 is 0. The summed E-state index contributed by atoms with van der Waals surface area (Å²) in [5.41, 5.74) is 0. The van der Waals surface area contributed by atoms with Gasteiger partial charge in [-0.2, -0.15) is 0 Å². The summed E-state index contributed by atoms with van der Waals surface area (Å²) in [6, 6.07) is 0. The fraction of sp³-hybridized carbons (Fsp3) is 0.750. The highest BCUT2D eigenvalue weighted by Gasteiger charge is 2.03. The van der Waals surface area contributed by atoms with Crippen molar-refractivity contribution < 1.29 is 10.2 Å². The molecule has 0 saturated carbocycles. The van der Waals surface area contributed by atoms with Gasteiger partial charge in [-0.3, -0.25) is 0 Å². The molecule has 18 heavy (non-hydrogen) atoms. The molecule has 0 aromatic heterocycles. The predicted molar refractivity (Wildman–Crippen MR) is 77.8 cm³/mol. The molecule has 0 rings (SSSR count). The van der Waals surface area contributed by atoms with Gasteiger partial charge >= 0.3 is 0 Å². The van der Waals surface area contributed by atoms with Crippen LogP contribution in [0.4, 0.5) is 0 Å². The summed E-state index contributed by atoms with van der Waals surface area (Å²) in [6.07, 6.45) is -0.901. The van der Waals surface area contributed by atoms with Crippen LogP contribution in [0.25, 0.3) is 0 Å². The molecule has 0 aromatic rings. The van der Waals surface area contributed by atoms with E-state index in [1.165, 1.54) is 0 Å². The van der Waals surface area contributed by atoms with Crippen molar-refractivity contribution in [1.82, 2.24) is 0 Å². The second kappa shape index (κ2) is 11.1. The van der Waals surface area contributed by atoms with Crippen LogP contribution >= 0.6 is 0 Å². The lowest BCUT2D eigenvalue weighted by Gasteiger charge is -2.05. The van der Waals surface area contributed by atoms with Crippen LogP contribution in [-0.2, 0) is 0 Å². The summed E-state index contributed by atoms with van der Waals surface area (Å²) in [5.74, 6) is 11.9. The van der Waals surface area contributed by atoms with E-state index in [0.717, 1.165) is 0 Å². The number of aliphatic hydroxyl groups is 2. The van der Waals surface area contributed by atoms with Crippen LogP contribution in [0.5, 0.6) is 0 Å². The van der Waals surface area contributed by atoms with Gasteiger partial charge in [0.2, 0.25) is 0 Å². The fourth-order valence-corrected chi connectivity index (χ4v) is 0.733. The minimum Gasteiger partial charge on any atom is -0.380 e. The van der Waals surface area contributed by atoms with Crippen molar-refractivity contribution >= 4 is 0 Å². The van der Waals surface area contributed by atoms with Gasteiger partial charge in [0.1, 0.15) is 12.2 Å². The molecule has 2 unspecified atom stereocenters. The van der Waals surface area contributed by atoms with Crippen molar-refractivity contribution in [2.75, 3.05) is 0 Å². The first kappa shape index (κ1) is 19.4. The fourth-order valence-electron chi connectivity index (χ4n) is 0.733. The molecule has 0 bridgehead atoms. The molecule has 0 aromatic carbocycles. The lowest BCUT2D eigenvalue weighted by molar-refractivity contribution is 0.181. The molecule has 2 nitrogen and oxygen atoms in total. The summed E-state index contributed by atoms with van der Waals surface area (Å²) in [6.45, 7) is 13.6. The van der Waals surface area contributed by atoms with E-state index in [4.69, 9.17) is 5.11 Å². The van der Waals surface area contributed by atoms with Gasteiger partial charge in [0.25, 0.3) is 0 Å². The number of rotatable bonds is 2. The van der Waals surface area contributed by atoms with Crippen LogP contribution in [-0.4, -0.2) is 22.4 Å². The Hall–Kier alpha value is -0.960. The Morgan fingerprint density at radius 3 is 1.28 bits per heavy atom. The van der Waals surface area contributed by atoms with Crippen LogP contribution in [0.1, 0.15) is 48.5 Å². The average Bonchev–Trinajstić information content (AvgIpc) is 2.26. The summed E-state index contributed by atoms with van der Waals surface area (Å²) in [4.78, 5) is 0. The van der Waals surface area contributed by atoms with Gasteiger partial charge in [-0.25, -0.2) is 0 Å². The first-order valence-electron chi connectivity index (χ1n) is 6.51. The lowest BCUT2D eigenvalue weighted by Crippen LogP contribution is -2.11. The summed E-state index contributed by atoms with van der Waals surface area (Å²) >= 11 is 0. The Morgan fingerprint density at radius 2 is 1.06 bits per heavy atom. The standard InChI is InChI=1S/C9H16O.C7H12O/c1-7(2)5-6-9(10)8(3)4;1-4-5-7(8)6(2)3/h7-10H,1-4H3;6-8H,1-3H3. The molecular weight excluding hydrogens is 224 g/mol. The monoisotopic (exact) mass is 252 g/mol. The van der Waals surface area contributed by atoms with E-state index >= 15 is 0 Å². The van der Waals surface area contributed by atoms with Gasteiger partial charge in [0.15, 0.2) is 0 Å². The van der Waals surface area contributed by atoms with Gasteiger partial charge in [0, 0.05) is 5.92 Å². The van der Waals surface area contributed by atoms with Gasteiger partial charge < -0.3 is 10.2 Å². The largest absolute Gasteiger partial charge is 0.380 e. The summed E-state index contributed by atoms with van der Waals surface area (Å²) in [5, 5.41) is 18.2. The third kappa shape index (κ3) is 13.1. The molecule has 0 aliphatic rings. The van der Waals surface area contributed by atoms with E-state index in [1.807, 2.05) is 41.5 Å². The Balaban J connectivity index is 0. The molecule has 0 aliphatic heterocycles. The Morgan fingerprint density at radius 1 is 0.667 bits per heavy atom. The maximum atomic E-state index is 9.20. The minimum atomic E-state index is -0.456. The van der Waals surface area contributed by atoms with E-state index in [9.17, 15) is 5.11 Å². The van der Waals surface area contributed by atoms with Crippen LogP contribution in [0.2, 0.25) is 0 Å². The van der Waals surface area contributed by atoms with Crippen LogP contribution in [0.15, 0.2) is 0 Å². The number of hydrogen-bond acceptors (Lipinski definition) is 2. The smallest absolute Gasteiger partial charge is 0.117 e. The SMILES string of the molecule is CC#CC(O)C(C)C.CC(C)C#CC(O)C(C)C. The van der Waals surface area contributed by atoms with Crippen molar-refractivity contribution in [3.8, 4) is 23.7 Å². The second-order valence-electron chi connectivity index (χ2n) is 5.22. The van der Waals surface area contributed by atoms with Crippen molar-refractivity contribution in [3.05, 3.63) is 0 Å². The molecule has 0 aliphatic carbocycles. The topological polar surface area (TPSA) is 40.5 Å². The third-order valence-corrected chi connectivity index (χ3v) is 2.08. The Bertz CT molecular complexity index is 307. The van der Waals surface area contributed by atoms with Crippen molar-refractivity contribution in [2.24, 2.45) is 17.8 Å². The second-order valence-corrected chi connectivity index (χ2v) is 5.22. The van der Waals surface area contributed by atoms with E-state index in [0.29, 0.717) is 5.92 Å². The third-order valence-electron chi connectivity index (χ3n) is 2.08. The zero-order valence-electron chi connectivity index (χ0n) is 12.8. The molecule has 2 atom stereocenters. The zero-order valence-corrected chi connectivity index (χ0v) is 12.8.